The maximum atomic E-state index is 12.2. The molecule has 0 saturated heterocycles. The molecule has 0 fully saturated rings. The predicted molar refractivity (Wildman–Crippen MR) is 90.1 cm³/mol. The van der Waals surface area contributed by atoms with Crippen LogP contribution in [0.2, 0.25) is 0 Å². The summed E-state index contributed by atoms with van der Waals surface area (Å²) in [5.41, 5.74) is 2.92. The second-order valence-corrected chi connectivity index (χ2v) is 7.58. The Balaban J connectivity index is 1.70. The van der Waals surface area contributed by atoms with Crippen molar-refractivity contribution in [1.82, 2.24) is 0 Å². The summed E-state index contributed by atoms with van der Waals surface area (Å²) in [6, 6.07) is 10.5. The molecular formula is C18H20O5S. The summed E-state index contributed by atoms with van der Waals surface area (Å²) in [6.07, 6.45) is -0.474. The molecular weight excluding hydrogens is 328 g/mol. The van der Waals surface area contributed by atoms with Crippen LogP contribution in [-0.2, 0) is 14.3 Å². The molecule has 2 aromatic carbocycles. The first-order valence-corrected chi connectivity index (χ1v) is 9.13. The van der Waals surface area contributed by atoms with Gasteiger partial charge in [-0.25, -0.2) is 0 Å². The highest BCUT2D eigenvalue weighted by Crippen LogP contribution is 2.37. The molecule has 0 N–H and O–H groups in total. The minimum Gasteiger partial charge on any atom is -0.485 e. The zero-order valence-electron chi connectivity index (χ0n) is 13.9. The smallest absolute Gasteiger partial charge is 0.297 e. The highest BCUT2D eigenvalue weighted by Gasteiger charge is 2.26. The molecule has 5 nitrogen and oxygen atoms in total. The maximum Gasteiger partial charge on any atom is 0.297 e. The topological polar surface area (TPSA) is 61.8 Å². The summed E-state index contributed by atoms with van der Waals surface area (Å²) >= 11 is 0. The summed E-state index contributed by atoms with van der Waals surface area (Å²) in [7, 11) is -3.81. The number of ether oxygens (including phenoxy) is 2. The fourth-order valence-electron chi connectivity index (χ4n) is 2.48. The molecule has 1 unspecified atom stereocenters. The molecule has 0 radical (unpaired) electrons. The zero-order valence-corrected chi connectivity index (χ0v) is 14.7. The van der Waals surface area contributed by atoms with Gasteiger partial charge in [0.25, 0.3) is 10.1 Å². The zero-order chi connectivity index (χ0) is 17.3. The van der Waals surface area contributed by atoms with Gasteiger partial charge in [0.15, 0.2) is 17.6 Å². The van der Waals surface area contributed by atoms with Crippen LogP contribution in [0.1, 0.15) is 16.7 Å². The van der Waals surface area contributed by atoms with Crippen molar-refractivity contribution in [3.8, 4) is 11.5 Å². The van der Waals surface area contributed by atoms with Crippen molar-refractivity contribution < 1.29 is 22.1 Å². The fourth-order valence-corrected chi connectivity index (χ4v) is 3.42. The molecule has 0 amide bonds. The normalized spacial score (nSPS) is 16.9. The minimum absolute atomic E-state index is 0.0942. The lowest BCUT2D eigenvalue weighted by molar-refractivity contribution is 0.0542. The molecule has 6 heteroatoms. The first-order chi connectivity index (χ1) is 11.4. The van der Waals surface area contributed by atoms with E-state index in [1.54, 1.807) is 12.1 Å². The van der Waals surface area contributed by atoms with E-state index >= 15 is 0 Å². The third kappa shape index (κ3) is 3.39. The van der Waals surface area contributed by atoms with E-state index in [2.05, 4.69) is 0 Å². The van der Waals surface area contributed by atoms with Crippen molar-refractivity contribution in [2.75, 3.05) is 13.2 Å². The van der Waals surface area contributed by atoms with E-state index in [1.807, 2.05) is 32.9 Å². The van der Waals surface area contributed by atoms with Crippen LogP contribution in [-0.4, -0.2) is 27.7 Å². The molecule has 24 heavy (non-hydrogen) atoms. The van der Waals surface area contributed by atoms with E-state index in [9.17, 15) is 8.42 Å². The molecule has 0 saturated carbocycles. The van der Waals surface area contributed by atoms with E-state index < -0.39 is 16.2 Å². The Kier molecular flexibility index (Phi) is 4.51. The lowest BCUT2D eigenvalue weighted by Gasteiger charge is -2.28. The van der Waals surface area contributed by atoms with Gasteiger partial charge in [-0.3, -0.25) is 4.18 Å². The van der Waals surface area contributed by atoms with Gasteiger partial charge in [-0.05, 0) is 44.0 Å². The summed E-state index contributed by atoms with van der Waals surface area (Å²) < 4.78 is 41.2. The molecule has 1 atom stereocenters. The van der Waals surface area contributed by atoms with E-state index in [0.29, 0.717) is 11.5 Å². The Bertz CT molecular complexity index is 840. The van der Waals surface area contributed by atoms with E-state index in [0.717, 1.165) is 16.7 Å². The van der Waals surface area contributed by atoms with Crippen LogP contribution < -0.4 is 9.47 Å². The Labute approximate surface area is 142 Å². The predicted octanol–water partition coefficient (Wildman–Crippen LogP) is 3.16. The lowest BCUT2D eigenvalue weighted by atomic mass is 10.1. The van der Waals surface area contributed by atoms with Crippen LogP contribution in [0.3, 0.4) is 0 Å². The standard InChI is InChI=1S/C18H20O5S/c1-12-4-8-16(9-5-12)24(19,20)22-11-15-10-21-17-13(2)6-7-14(3)18(17)23-15/h4-9,15H,10-11H2,1-3H3. The van der Waals surface area contributed by atoms with Gasteiger partial charge in [-0.15, -0.1) is 0 Å². The van der Waals surface area contributed by atoms with Crippen molar-refractivity contribution in [3.63, 3.8) is 0 Å². The SMILES string of the molecule is Cc1ccc(S(=O)(=O)OCC2COc3c(C)ccc(C)c3O2)cc1. The van der Waals surface area contributed by atoms with Crippen LogP contribution in [0, 0.1) is 20.8 Å². The molecule has 0 spiro atoms. The monoisotopic (exact) mass is 348 g/mol. The fraction of sp³-hybridized carbons (Fsp3) is 0.333. The summed E-state index contributed by atoms with van der Waals surface area (Å²) in [5.74, 6) is 1.37. The van der Waals surface area contributed by atoms with Crippen molar-refractivity contribution in [3.05, 3.63) is 53.1 Å². The van der Waals surface area contributed by atoms with Gasteiger partial charge in [0.1, 0.15) is 13.2 Å². The number of benzene rings is 2. The number of rotatable bonds is 4. The Morgan fingerprint density at radius 1 is 1.00 bits per heavy atom. The third-order valence-electron chi connectivity index (χ3n) is 3.92. The average molecular weight is 348 g/mol. The molecule has 3 rings (SSSR count). The highest BCUT2D eigenvalue weighted by atomic mass is 32.2. The average Bonchev–Trinajstić information content (AvgIpc) is 2.57. The van der Waals surface area contributed by atoms with Gasteiger partial charge in [0.05, 0.1) is 4.90 Å². The third-order valence-corrected chi connectivity index (χ3v) is 5.22. The van der Waals surface area contributed by atoms with Crippen molar-refractivity contribution >= 4 is 10.1 Å². The molecule has 1 aliphatic rings. The van der Waals surface area contributed by atoms with Crippen LogP contribution in [0.15, 0.2) is 41.3 Å². The van der Waals surface area contributed by atoms with Crippen LogP contribution in [0.25, 0.3) is 0 Å². The van der Waals surface area contributed by atoms with Gasteiger partial charge < -0.3 is 9.47 Å². The minimum atomic E-state index is -3.81. The summed E-state index contributed by atoms with van der Waals surface area (Å²) in [5, 5.41) is 0. The van der Waals surface area contributed by atoms with Gasteiger partial charge >= 0.3 is 0 Å². The van der Waals surface area contributed by atoms with E-state index in [-0.39, 0.29) is 18.1 Å². The Morgan fingerprint density at radius 2 is 1.62 bits per heavy atom. The first kappa shape index (κ1) is 16.8. The van der Waals surface area contributed by atoms with Crippen molar-refractivity contribution in [1.29, 1.82) is 0 Å². The van der Waals surface area contributed by atoms with E-state index in [1.165, 1.54) is 12.1 Å². The van der Waals surface area contributed by atoms with Gasteiger partial charge in [-0.1, -0.05) is 29.8 Å². The van der Waals surface area contributed by atoms with Crippen LogP contribution in [0.5, 0.6) is 11.5 Å². The number of fused-ring (bicyclic) bond motifs is 1. The van der Waals surface area contributed by atoms with E-state index in [4.69, 9.17) is 13.7 Å². The Hall–Kier alpha value is -2.05. The van der Waals surface area contributed by atoms with Gasteiger partial charge in [-0.2, -0.15) is 8.42 Å². The molecule has 0 bridgehead atoms. The summed E-state index contributed by atoms with van der Waals surface area (Å²) in [4.78, 5) is 0.136. The van der Waals surface area contributed by atoms with Crippen molar-refractivity contribution in [2.45, 2.75) is 31.8 Å². The molecule has 1 heterocycles. The highest BCUT2D eigenvalue weighted by molar-refractivity contribution is 7.86. The maximum absolute atomic E-state index is 12.2. The molecule has 128 valence electrons. The Morgan fingerprint density at radius 3 is 2.29 bits per heavy atom. The van der Waals surface area contributed by atoms with Crippen LogP contribution in [0.4, 0.5) is 0 Å². The summed E-state index contributed by atoms with van der Waals surface area (Å²) in [6.45, 7) is 5.92. The molecule has 1 aliphatic heterocycles. The number of aryl methyl sites for hydroxylation is 3. The number of hydrogen-bond acceptors (Lipinski definition) is 5. The number of hydrogen-bond donors (Lipinski definition) is 0. The second-order valence-electron chi connectivity index (χ2n) is 5.96. The van der Waals surface area contributed by atoms with Gasteiger partial charge in [0, 0.05) is 0 Å². The largest absolute Gasteiger partial charge is 0.485 e. The lowest BCUT2D eigenvalue weighted by Crippen LogP contribution is -2.34. The van der Waals surface area contributed by atoms with Crippen LogP contribution >= 0.6 is 0 Å². The molecule has 0 aromatic heterocycles. The van der Waals surface area contributed by atoms with Crippen molar-refractivity contribution in [2.24, 2.45) is 0 Å². The second kappa shape index (κ2) is 6.45. The first-order valence-electron chi connectivity index (χ1n) is 7.72. The van der Waals surface area contributed by atoms with Gasteiger partial charge in [0.2, 0.25) is 0 Å². The molecule has 2 aromatic rings. The molecule has 0 aliphatic carbocycles. The quantitative estimate of drug-likeness (QED) is 0.794.